The van der Waals surface area contributed by atoms with Crippen LogP contribution in [-0.2, 0) is 6.42 Å². The van der Waals surface area contributed by atoms with Crippen molar-refractivity contribution in [2.75, 3.05) is 13.1 Å². The first-order valence-corrected chi connectivity index (χ1v) is 7.08. The smallest absolute Gasteiger partial charge is 0.0976 e. The van der Waals surface area contributed by atoms with E-state index in [0.717, 1.165) is 30.3 Å². The molecule has 3 heterocycles. The molecule has 1 unspecified atom stereocenters. The Balaban J connectivity index is 1.68. The van der Waals surface area contributed by atoms with Gasteiger partial charge in [0.25, 0.3) is 0 Å². The highest BCUT2D eigenvalue weighted by molar-refractivity contribution is 7.09. The van der Waals surface area contributed by atoms with E-state index in [1.54, 1.807) is 11.3 Å². The predicted molar refractivity (Wildman–Crippen MR) is 71.2 cm³/mol. The molecular formula is C13H17N3S. The van der Waals surface area contributed by atoms with Gasteiger partial charge in [-0.1, -0.05) is 0 Å². The number of piperidine rings is 1. The SMILES string of the molecule is c1c[nH]c(-c2csc(CC3CCCNC3)n2)c1. The van der Waals surface area contributed by atoms with Crippen molar-refractivity contribution < 1.29 is 0 Å². The lowest BCUT2D eigenvalue weighted by atomic mass is 9.97. The van der Waals surface area contributed by atoms with Crippen LogP contribution in [0.15, 0.2) is 23.7 Å². The molecule has 0 aliphatic carbocycles. The molecule has 0 spiro atoms. The number of hydrogen-bond acceptors (Lipinski definition) is 3. The Kier molecular flexibility index (Phi) is 3.25. The molecule has 1 aliphatic rings. The maximum absolute atomic E-state index is 4.71. The van der Waals surface area contributed by atoms with E-state index in [1.807, 2.05) is 12.3 Å². The Hall–Kier alpha value is -1.13. The van der Waals surface area contributed by atoms with E-state index >= 15 is 0 Å². The molecule has 0 saturated carbocycles. The number of thiazole rings is 1. The van der Waals surface area contributed by atoms with Crippen LogP contribution in [0.25, 0.3) is 11.4 Å². The first-order chi connectivity index (χ1) is 8.42. The Morgan fingerprint density at radius 3 is 3.24 bits per heavy atom. The van der Waals surface area contributed by atoms with Gasteiger partial charge in [0, 0.05) is 18.0 Å². The van der Waals surface area contributed by atoms with Crippen LogP contribution in [0.4, 0.5) is 0 Å². The van der Waals surface area contributed by atoms with Crippen molar-refractivity contribution in [3.63, 3.8) is 0 Å². The second-order valence-electron chi connectivity index (χ2n) is 4.63. The third-order valence-corrected chi connectivity index (χ3v) is 4.16. The topological polar surface area (TPSA) is 40.7 Å². The highest BCUT2D eigenvalue weighted by Gasteiger charge is 2.15. The van der Waals surface area contributed by atoms with Crippen LogP contribution in [0.1, 0.15) is 17.8 Å². The van der Waals surface area contributed by atoms with E-state index in [0.29, 0.717) is 0 Å². The van der Waals surface area contributed by atoms with Gasteiger partial charge < -0.3 is 10.3 Å². The average Bonchev–Trinajstić information content (AvgIpc) is 3.00. The summed E-state index contributed by atoms with van der Waals surface area (Å²) in [6.45, 7) is 2.33. The summed E-state index contributed by atoms with van der Waals surface area (Å²) in [5.41, 5.74) is 2.20. The summed E-state index contributed by atoms with van der Waals surface area (Å²) >= 11 is 1.78. The molecule has 3 rings (SSSR count). The zero-order valence-corrected chi connectivity index (χ0v) is 10.6. The molecular weight excluding hydrogens is 230 g/mol. The fourth-order valence-corrected chi connectivity index (χ4v) is 3.27. The number of aromatic nitrogens is 2. The lowest BCUT2D eigenvalue weighted by Gasteiger charge is -2.21. The molecule has 1 atom stereocenters. The highest BCUT2D eigenvalue weighted by Crippen LogP contribution is 2.23. The van der Waals surface area contributed by atoms with E-state index in [-0.39, 0.29) is 0 Å². The monoisotopic (exact) mass is 247 g/mol. The Bertz CT molecular complexity index is 455. The summed E-state index contributed by atoms with van der Waals surface area (Å²) in [4.78, 5) is 7.91. The molecule has 0 radical (unpaired) electrons. The summed E-state index contributed by atoms with van der Waals surface area (Å²) < 4.78 is 0. The molecule has 3 nitrogen and oxygen atoms in total. The van der Waals surface area contributed by atoms with Gasteiger partial charge in [-0.2, -0.15) is 0 Å². The fraction of sp³-hybridized carbons (Fsp3) is 0.462. The van der Waals surface area contributed by atoms with Crippen LogP contribution in [0.3, 0.4) is 0 Å². The molecule has 4 heteroatoms. The molecule has 0 aromatic carbocycles. The van der Waals surface area contributed by atoms with Gasteiger partial charge >= 0.3 is 0 Å². The second kappa shape index (κ2) is 5.02. The standard InChI is InChI=1S/C13H17N3S/c1-3-10(8-14-5-1)7-13-16-12(9-17-13)11-4-2-6-15-11/h2,4,6,9-10,14-15H,1,3,5,7-8H2. The summed E-state index contributed by atoms with van der Waals surface area (Å²) in [6.07, 6.45) is 5.71. The third kappa shape index (κ3) is 2.58. The van der Waals surface area contributed by atoms with Crippen LogP contribution < -0.4 is 5.32 Å². The quantitative estimate of drug-likeness (QED) is 0.875. The zero-order valence-electron chi connectivity index (χ0n) is 9.78. The second-order valence-corrected chi connectivity index (χ2v) is 5.57. The summed E-state index contributed by atoms with van der Waals surface area (Å²) in [5, 5.41) is 6.88. The largest absolute Gasteiger partial charge is 0.360 e. The normalized spacial score (nSPS) is 20.6. The summed E-state index contributed by atoms with van der Waals surface area (Å²) in [7, 11) is 0. The maximum atomic E-state index is 4.71. The number of hydrogen-bond donors (Lipinski definition) is 2. The van der Waals surface area contributed by atoms with Crippen LogP contribution in [0.2, 0.25) is 0 Å². The van der Waals surface area contributed by atoms with Gasteiger partial charge in [0.05, 0.1) is 16.4 Å². The van der Waals surface area contributed by atoms with Crippen molar-refractivity contribution in [1.29, 1.82) is 0 Å². The number of H-pyrrole nitrogens is 1. The van der Waals surface area contributed by atoms with Gasteiger partial charge in [-0.25, -0.2) is 4.98 Å². The zero-order chi connectivity index (χ0) is 11.5. The molecule has 2 N–H and O–H groups in total. The van der Waals surface area contributed by atoms with Crippen molar-refractivity contribution in [3.05, 3.63) is 28.7 Å². The lowest BCUT2D eigenvalue weighted by molar-refractivity contribution is 0.376. The van der Waals surface area contributed by atoms with Crippen molar-refractivity contribution >= 4 is 11.3 Å². The van der Waals surface area contributed by atoms with E-state index in [9.17, 15) is 0 Å². The van der Waals surface area contributed by atoms with Crippen molar-refractivity contribution in [2.45, 2.75) is 19.3 Å². The van der Waals surface area contributed by atoms with Gasteiger partial charge in [-0.15, -0.1) is 11.3 Å². The molecule has 1 aliphatic heterocycles. The maximum Gasteiger partial charge on any atom is 0.0976 e. The third-order valence-electron chi connectivity index (χ3n) is 3.29. The van der Waals surface area contributed by atoms with Gasteiger partial charge in [0.15, 0.2) is 0 Å². The first-order valence-electron chi connectivity index (χ1n) is 6.21. The van der Waals surface area contributed by atoms with Crippen molar-refractivity contribution in [2.24, 2.45) is 5.92 Å². The minimum atomic E-state index is 0.770. The number of nitrogens with zero attached hydrogens (tertiary/aromatic N) is 1. The average molecular weight is 247 g/mol. The molecule has 1 fully saturated rings. The number of rotatable bonds is 3. The molecule has 17 heavy (non-hydrogen) atoms. The molecule has 0 amide bonds. The van der Waals surface area contributed by atoms with Crippen molar-refractivity contribution in [1.82, 2.24) is 15.3 Å². The number of aromatic amines is 1. The van der Waals surface area contributed by atoms with E-state index in [1.165, 1.54) is 24.4 Å². The van der Waals surface area contributed by atoms with Gasteiger partial charge in [0.1, 0.15) is 0 Å². The fourth-order valence-electron chi connectivity index (χ4n) is 2.36. The van der Waals surface area contributed by atoms with Crippen LogP contribution in [0.5, 0.6) is 0 Å². The lowest BCUT2D eigenvalue weighted by Crippen LogP contribution is -2.30. The Morgan fingerprint density at radius 2 is 2.47 bits per heavy atom. The molecule has 1 saturated heterocycles. The van der Waals surface area contributed by atoms with Crippen LogP contribution in [0, 0.1) is 5.92 Å². The Morgan fingerprint density at radius 1 is 1.47 bits per heavy atom. The van der Waals surface area contributed by atoms with Gasteiger partial charge in [-0.05, 0) is 44.0 Å². The minimum absolute atomic E-state index is 0.770. The van der Waals surface area contributed by atoms with E-state index < -0.39 is 0 Å². The molecule has 90 valence electrons. The van der Waals surface area contributed by atoms with E-state index in [4.69, 9.17) is 4.98 Å². The summed E-state index contributed by atoms with van der Waals surface area (Å²) in [6, 6.07) is 4.08. The van der Waals surface area contributed by atoms with Gasteiger partial charge in [-0.3, -0.25) is 0 Å². The van der Waals surface area contributed by atoms with Gasteiger partial charge in [0.2, 0.25) is 0 Å². The molecule has 0 bridgehead atoms. The van der Waals surface area contributed by atoms with E-state index in [2.05, 4.69) is 21.7 Å². The number of nitrogens with one attached hydrogen (secondary N) is 2. The summed E-state index contributed by atoms with van der Waals surface area (Å²) in [5.74, 6) is 0.770. The molecule has 2 aromatic rings. The Labute approximate surface area is 105 Å². The van der Waals surface area contributed by atoms with Crippen molar-refractivity contribution in [3.8, 4) is 11.4 Å². The van der Waals surface area contributed by atoms with Crippen LogP contribution in [-0.4, -0.2) is 23.1 Å². The van der Waals surface area contributed by atoms with Crippen LogP contribution >= 0.6 is 11.3 Å². The highest BCUT2D eigenvalue weighted by atomic mass is 32.1. The minimum Gasteiger partial charge on any atom is -0.360 e. The first kappa shape index (κ1) is 11.0. The predicted octanol–water partition coefficient (Wildman–Crippen LogP) is 2.68. The molecule has 2 aromatic heterocycles.